The largest absolute Gasteiger partial charge is 0.496 e. The smallest absolute Gasteiger partial charge is 0.338 e. The molecule has 0 unspecified atom stereocenters. The van der Waals surface area contributed by atoms with Gasteiger partial charge in [0.2, 0.25) is 0 Å². The lowest BCUT2D eigenvalue weighted by Crippen LogP contribution is -2.21. The Morgan fingerprint density at radius 3 is 2.00 bits per heavy atom. The zero-order valence-electron chi connectivity index (χ0n) is 16.1. The molecule has 8 heteroatoms. The van der Waals surface area contributed by atoms with Crippen molar-refractivity contribution in [3.05, 3.63) is 53.1 Å². The highest BCUT2D eigenvalue weighted by Gasteiger charge is 2.16. The van der Waals surface area contributed by atoms with Gasteiger partial charge in [-0.25, -0.2) is 4.79 Å². The summed E-state index contributed by atoms with van der Waals surface area (Å²) in [5, 5.41) is 5.10. The summed E-state index contributed by atoms with van der Waals surface area (Å²) in [5.74, 6) is -0.455. The maximum absolute atomic E-state index is 12.2. The molecule has 0 aromatic heterocycles. The van der Waals surface area contributed by atoms with Crippen molar-refractivity contribution in [1.29, 1.82) is 0 Å². The molecule has 0 saturated carbocycles. The normalized spacial score (nSPS) is 10.0. The van der Waals surface area contributed by atoms with Gasteiger partial charge in [-0.3, -0.25) is 9.59 Å². The molecule has 0 aliphatic heterocycles. The molecule has 2 rings (SSSR count). The van der Waals surface area contributed by atoms with Gasteiger partial charge in [-0.05, 0) is 43.3 Å². The van der Waals surface area contributed by atoms with Gasteiger partial charge in [0.25, 0.3) is 11.8 Å². The number of esters is 1. The van der Waals surface area contributed by atoms with Crippen molar-refractivity contribution in [2.24, 2.45) is 0 Å². The van der Waals surface area contributed by atoms with Gasteiger partial charge in [-0.15, -0.1) is 0 Å². The maximum atomic E-state index is 12.2. The summed E-state index contributed by atoms with van der Waals surface area (Å²) < 4.78 is 15.5. The first-order valence-electron chi connectivity index (χ1n) is 8.41. The lowest BCUT2D eigenvalue weighted by atomic mass is 10.1. The van der Waals surface area contributed by atoms with Gasteiger partial charge in [0.15, 0.2) is 6.61 Å². The molecule has 0 radical (unpaired) electrons. The molecule has 0 bridgehead atoms. The van der Waals surface area contributed by atoms with Crippen LogP contribution in [-0.4, -0.2) is 45.7 Å². The molecule has 0 aliphatic carbocycles. The van der Waals surface area contributed by atoms with E-state index in [0.717, 1.165) is 5.56 Å². The van der Waals surface area contributed by atoms with E-state index in [2.05, 4.69) is 10.6 Å². The molecule has 2 aromatic rings. The number of hydrogen-bond acceptors (Lipinski definition) is 6. The Bertz CT molecular complexity index is 852. The monoisotopic (exact) mass is 386 g/mol. The van der Waals surface area contributed by atoms with Gasteiger partial charge in [-0.2, -0.15) is 0 Å². The number of amides is 2. The molecule has 2 amide bonds. The number of benzene rings is 2. The van der Waals surface area contributed by atoms with Crippen LogP contribution < -0.4 is 20.1 Å². The maximum Gasteiger partial charge on any atom is 0.338 e. The first-order valence-corrected chi connectivity index (χ1v) is 8.41. The van der Waals surface area contributed by atoms with Crippen LogP contribution >= 0.6 is 0 Å². The second-order valence-electron chi connectivity index (χ2n) is 5.79. The molecule has 0 fully saturated rings. The van der Waals surface area contributed by atoms with E-state index in [1.165, 1.54) is 33.4 Å². The van der Waals surface area contributed by atoms with Gasteiger partial charge >= 0.3 is 5.97 Å². The molecular formula is C20H22N2O6. The summed E-state index contributed by atoms with van der Waals surface area (Å²) in [6, 6.07) is 9.36. The first-order chi connectivity index (χ1) is 13.4. The quantitative estimate of drug-likeness (QED) is 0.707. The first kappa shape index (κ1) is 20.8. The molecule has 8 nitrogen and oxygen atoms in total. The molecular weight excluding hydrogens is 364 g/mol. The Kier molecular flexibility index (Phi) is 6.97. The lowest BCUT2D eigenvalue weighted by molar-refractivity contribution is -0.119. The lowest BCUT2D eigenvalue weighted by Gasteiger charge is -2.12. The fraction of sp³-hybridized carbons (Fsp3) is 0.250. The highest BCUT2D eigenvalue weighted by Crippen LogP contribution is 2.29. The van der Waals surface area contributed by atoms with Gasteiger partial charge in [0, 0.05) is 23.9 Å². The van der Waals surface area contributed by atoms with E-state index in [1.807, 2.05) is 0 Å². The molecule has 0 saturated heterocycles. The second-order valence-corrected chi connectivity index (χ2v) is 5.79. The number of ether oxygens (including phenoxy) is 3. The zero-order valence-corrected chi connectivity index (χ0v) is 16.1. The molecule has 28 heavy (non-hydrogen) atoms. The van der Waals surface area contributed by atoms with Crippen LogP contribution in [0.25, 0.3) is 0 Å². The number of carbonyl (C=O) groups excluding carboxylic acids is 3. The molecule has 0 atom stereocenters. The summed E-state index contributed by atoms with van der Waals surface area (Å²) in [7, 11) is 4.51. The van der Waals surface area contributed by atoms with Crippen LogP contribution in [0.15, 0.2) is 36.4 Å². The Morgan fingerprint density at radius 1 is 0.929 bits per heavy atom. The van der Waals surface area contributed by atoms with Gasteiger partial charge in [-0.1, -0.05) is 0 Å². The van der Waals surface area contributed by atoms with E-state index in [9.17, 15) is 14.4 Å². The van der Waals surface area contributed by atoms with Crippen LogP contribution in [0.5, 0.6) is 11.5 Å². The topological polar surface area (TPSA) is 103 Å². The third kappa shape index (κ3) is 5.00. The number of hydrogen-bond donors (Lipinski definition) is 2. The SMILES string of the molecule is CNC(=O)c1ccc(NC(=O)COC(=O)c2cc(OC)c(C)c(OC)c2)cc1. The van der Waals surface area contributed by atoms with Crippen molar-refractivity contribution in [3.8, 4) is 11.5 Å². The minimum absolute atomic E-state index is 0.210. The van der Waals surface area contributed by atoms with Crippen LogP contribution in [0, 0.1) is 6.92 Å². The third-order valence-corrected chi connectivity index (χ3v) is 3.98. The van der Waals surface area contributed by atoms with E-state index in [0.29, 0.717) is 22.7 Å². The fourth-order valence-electron chi connectivity index (χ4n) is 2.46. The number of carbonyl (C=O) groups is 3. The Hall–Kier alpha value is -3.55. The van der Waals surface area contributed by atoms with Crippen LogP contribution in [0.1, 0.15) is 26.3 Å². The van der Waals surface area contributed by atoms with Crippen LogP contribution in [-0.2, 0) is 9.53 Å². The predicted octanol–water partition coefficient (Wildman–Crippen LogP) is 2.17. The fourth-order valence-corrected chi connectivity index (χ4v) is 2.46. The highest BCUT2D eigenvalue weighted by atomic mass is 16.5. The number of rotatable bonds is 7. The summed E-state index contributed by atoms with van der Waals surface area (Å²) >= 11 is 0. The average Bonchev–Trinajstić information content (AvgIpc) is 2.72. The van der Waals surface area contributed by atoms with Crippen molar-refractivity contribution < 1.29 is 28.6 Å². The van der Waals surface area contributed by atoms with E-state index in [-0.39, 0.29) is 11.5 Å². The van der Waals surface area contributed by atoms with Crippen molar-refractivity contribution in [2.75, 3.05) is 33.2 Å². The molecule has 2 aromatic carbocycles. The number of nitrogens with one attached hydrogen (secondary N) is 2. The van der Waals surface area contributed by atoms with Gasteiger partial charge in [0.1, 0.15) is 11.5 Å². The van der Waals surface area contributed by atoms with Crippen molar-refractivity contribution in [1.82, 2.24) is 5.32 Å². The van der Waals surface area contributed by atoms with E-state index in [4.69, 9.17) is 14.2 Å². The molecule has 0 spiro atoms. The van der Waals surface area contributed by atoms with Gasteiger partial charge in [0.05, 0.1) is 19.8 Å². The van der Waals surface area contributed by atoms with Crippen LogP contribution in [0.3, 0.4) is 0 Å². The summed E-state index contributed by atoms with van der Waals surface area (Å²) in [4.78, 5) is 35.7. The summed E-state index contributed by atoms with van der Waals surface area (Å²) in [6.45, 7) is 1.34. The molecule has 0 aliphatic rings. The highest BCUT2D eigenvalue weighted by molar-refractivity contribution is 5.97. The predicted molar refractivity (Wildman–Crippen MR) is 103 cm³/mol. The van der Waals surface area contributed by atoms with Crippen molar-refractivity contribution >= 4 is 23.5 Å². The second kappa shape index (κ2) is 9.40. The Balaban J connectivity index is 1.97. The molecule has 0 heterocycles. The minimum atomic E-state index is -0.679. The number of methoxy groups -OCH3 is 2. The van der Waals surface area contributed by atoms with E-state index >= 15 is 0 Å². The van der Waals surface area contributed by atoms with E-state index in [1.54, 1.807) is 31.2 Å². The molecule has 148 valence electrons. The Morgan fingerprint density at radius 2 is 1.50 bits per heavy atom. The zero-order chi connectivity index (χ0) is 20.7. The van der Waals surface area contributed by atoms with Gasteiger partial charge < -0.3 is 24.8 Å². The third-order valence-electron chi connectivity index (χ3n) is 3.98. The Labute approximate surface area is 162 Å². The summed E-state index contributed by atoms with van der Waals surface area (Å²) in [6.07, 6.45) is 0. The van der Waals surface area contributed by atoms with Crippen molar-refractivity contribution in [3.63, 3.8) is 0 Å². The standard InChI is InChI=1S/C20H22N2O6/c1-12-16(26-3)9-14(10-17(12)27-4)20(25)28-11-18(23)22-15-7-5-13(6-8-15)19(24)21-2/h5-10H,11H2,1-4H3,(H,21,24)(H,22,23). The average molecular weight is 386 g/mol. The van der Waals surface area contributed by atoms with E-state index < -0.39 is 18.5 Å². The minimum Gasteiger partial charge on any atom is -0.496 e. The molecule has 2 N–H and O–H groups in total. The van der Waals surface area contributed by atoms with Crippen molar-refractivity contribution in [2.45, 2.75) is 6.92 Å². The van der Waals surface area contributed by atoms with Crippen LogP contribution in [0.2, 0.25) is 0 Å². The number of anilines is 1. The van der Waals surface area contributed by atoms with Crippen LogP contribution in [0.4, 0.5) is 5.69 Å². The summed E-state index contributed by atoms with van der Waals surface area (Å²) in [5.41, 5.74) is 1.91.